The van der Waals surface area contributed by atoms with Crippen molar-refractivity contribution in [1.82, 2.24) is 15.5 Å². The molecular weight excluding hydrogens is 408 g/mol. The Balaban J connectivity index is 1.54. The van der Waals surface area contributed by atoms with E-state index in [1.807, 2.05) is 19.1 Å². The minimum atomic E-state index is -3.20. The van der Waals surface area contributed by atoms with Gasteiger partial charge in [0, 0.05) is 39.0 Å². The molecule has 0 aliphatic carbocycles. The van der Waals surface area contributed by atoms with Gasteiger partial charge in [-0.25, -0.2) is 8.42 Å². The van der Waals surface area contributed by atoms with Gasteiger partial charge in [0.25, 0.3) is 0 Å². The molecule has 1 aliphatic rings. The number of piperidine rings is 1. The smallest absolute Gasteiger partial charge is 0.191 e. The van der Waals surface area contributed by atoms with Crippen LogP contribution in [-0.4, -0.2) is 51.7 Å². The van der Waals surface area contributed by atoms with Gasteiger partial charge in [-0.3, -0.25) is 9.89 Å². The van der Waals surface area contributed by atoms with Gasteiger partial charge in [0.1, 0.15) is 0 Å². The molecule has 0 radical (unpaired) electrons. The largest absolute Gasteiger partial charge is 0.355 e. The van der Waals surface area contributed by atoms with Crippen LogP contribution in [0.5, 0.6) is 0 Å². The Morgan fingerprint density at radius 2 is 1.87 bits per heavy atom. The third-order valence-corrected chi connectivity index (χ3v) is 7.06. The lowest BCUT2D eigenvalue weighted by Gasteiger charge is -2.36. The molecule has 1 aliphatic heterocycles. The molecule has 3 rings (SSSR count). The van der Waals surface area contributed by atoms with E-state index < -0.39 is 9.84 Å². The molecule has 1 heterocycles. The van der Waals surface area contributed by atoms with Crippen LogP contribution >= 0.6 is 0 Å². The van der Waals surface area contributed by atoms with E-state index in [1.165, 1.54) is 31.1 Å². The molecule has 0 aromatic heterocycles. The average molecular weight is 443 g/mol. The minimum absolute atomic E-state index is 0.384. The van der Waals surface area contributed by atoms with E-state index in [0.29, 0.717) is 17.5 Å². The molecule has 1 atom stereocenters. The van der Waals surface area contributed by atoms with Gasteiger partial charge in [-0.05, 0) is 49.1 Å². The zero-order valence-corrected chi connectivity index (χ0v) is 19.6. The van der Waals surface area contributed by atoms with Crippen LogP contribution in [0.3, 0.4) is 0 Å². The summed E-state index contributed by atoms with van der Waals surface area (Å²) in [6.45, 7) is 5.36. The summed E-state index contributed by atoms with van der Waals surface area (Å²) in [4.78, 5) is 7.30. The standard InChI is InChI=1S/C24H34N4O2S/c1-19-15-21(12-13-23(19)31(3,29)30)16-26-24(25-2)27-17-22-11-7-8-14-28(22)18-20-9-5-4-6-10-20/h4-6,9-10,12-13,15,22H,7-8,11,14,16-18H2,1-3H3,(H2,25,26,27). The second-order valence-electron chi connectivity index (χ2n) is 8.28. The number of aryl methyl sites for hydroxylation is 1. The summed E-state index contributed by atoms with van der Waals surface area (Å²) >= 11 is 0. The second-order valence-corrected chi connectivity index (χ2v) is 10.3. The van der Waals surface area contributed by atoms with Crippen molar-refractivity contribution >= 4 is 15.8 Å². The van der Waals surface area contributed by atoms with E-state index in [0.717, 1.165) is 36.7 Å². The SMILES string of the molecule is CN=C(NCc1ccc(S(C)(=O)=O)c(C)c1)NCC1CCCCN1Cc1ccccc1. The van der Waals surface area contributed by atoms with Gasteiger partial charge in [-0.1, -0.05) is 48.9 Å². The summed E-state index contributed by atoms with van der Waals surface area (Å²) < 4.78 is 23.6. The lowest BCUT2D eigenvalue weighted by Crippen LogP contribution is -2.48. The van der Waals surface area contributed by atoms with Crippen LogP contribution in [0.1, 0.15) is 36.0 Å². The molecule has 168 valence electrons. The zero-order valence-electron chi connectivity index (χ0n) is 18.8. The molecule has 1 fully saturated rings. The van der Waals surface area contributed by atoms with Crippen molar-refractivity contribution in [3.05, 3.63) is 65.2 Å². The van der Waals surface area contributed by atoms with E-state index >= 15 is 0 Å². The Morgan fingerprint density at radius 1 is 1.10 bits per heavy atom. The van der Waals surface area contributed by atoms with Crippen molar-refractivity contribution in [2.45, 2.75) is 50.2 Å². The zero-order chi connectivity index (χ0) is 22.3. The quantitative estimate of drug-likeness (QED) is 0.509. The van der Waals surface area contributed by atoms with Crippen LogP contribution in [-0.2, 0) is 22.9 Å². The van der Waals surface area contributed by atoms with E-state index in [4.69, 9.17) is 0 Å². The second kappa shape index (κ2) is 10.8. The van der Waals surface area contributed by atoms with Crippen LogP contribution < -0.4 is 10.6 Å². The first-order chi connectivity index (χ1) is 14.9. The Morgan fingerprint density at radius 3 is 2.55 bits per heavy atom. The van der Waals surface area contributed by atoms with Crippen LogP contribution in [0.4, 0.5) is 0 Å². The number of guanidine groups is 1. The molecule has 2 aromatic carbocycles. The molecule has 2 aromatic rings. The van der Waals surface area contributed by atoms with Crippen molar-refractivity contribution in [2.75, 3.05) is 26.4 Å². The number of rotatable bonds is 7. The summed E-state index contributed by atoms with van der Waals surface area (Å²) in [5.41, 5.74) is 3.14. The fourth-order valence-electron chi connectivity index (χ4n) is 4.18. The Kier molecular flexibility index (Phi) is 8.09. The van der Waals surface area contributed by atoms with Crippen molar-refractivity contribution in [3.8, 4) is 0 Å². The number of hydrogen-bond donors (Lipinski definition) is 2. The summed E-state index contributed by atoms with van der Waals surface area (Å²) in [7, 11) is -1.42. The van der Waals surface area contributed by atoms with Gasteiger partial charge in [0.2, 0.25) is 0 Å². The number of nitrogens with zero attached hydrogens (tertiary/aromatic N) is 2. The highest BCUT2D eigenvalue weighted by molar-refractivity contribution is 7.90. The van der Waals surface area contributed by atoms with Crippen LogP contribution in [0.2, 0.25) is 0 Å². The Bertz CT molecular complexity index is 990. The third kappa shape index (κ3) is 6.80. The highest BCUT2D eigenvalue weighted by Crippen LogP contribution is 2.19. The van der Waals surface area contributed by atoms with Crippen LogP contribution in [0.25, 0.3) is 0 Å². The maximum Gasteiger partial charge on any atom is 0.191 e. The molecule has 0 amide bonds. The average Bonchev–Trinajstić information content (AvgIpc) is 2.75. The van der Waals surface area contributed by atoms with E-state index in [9.17, 15) is 8.42 Å². The third-order valence-electron chi connectivity index (χ3n) is 5.81. The first-order valence-electron chi connectivity index (χ1n) is 10.9. The van der Waals surface area contributed by atoms with Gasteiger partial charge in [-0.15, -0.1) is 0 Å². The fraction of sp³-hybridized carbons (Fsp3) is 0.458. The molecular formula is C24H34N4O2S. The molecule has 31 heavy (non-hydrogen) atoms. The Labute approximate surface area is 186 Å². The van der Waals surface area contributed by atoms with Gasteiger partial charge >= 0.3 is 0 Å². The molecule has 6 nitrogen and oxygen atoms in total. The van der Waals surface area contributed by atoms with Gasteiger partial charge < -0.3 is 10.6 Å². The Hall–Kier alpha value is -2.38. The number of sulfone groups is 1. The topological polar surface area (TPSA) is 73.8 Å². The normalized spacial score (nSPS) is 18.0. The lowest BCUT2D eigenvalue weighted by molar-refractivity contribution is 0.141. The number of likely N-dealkylation sites (tertiary alicyclic amines) is 1. The lowest BCUT2D eigenvalue weighted by atomic mass is 10.0. The number of benzene rings is 2. The van der Waals surface area contributed by atoms with Crippen molar-refractivity contribution < 1.29 is 8.42 Å². The van der Waals surface area contributed by atoms with Crippen molar-refractivity contribution in [2.24, 2.45) is 4.99 Å². The van der Waals surface area contributed by atoms with E-state index in [1.54, 1.807) is 13.1 Å². The van der Waals surface area contributed by atoms with Crippen molar-refractivity contribution in [3.63, 3.8) is 0 Å². The van der Waals surface area contributed by atoms with Crippen LogP contribution in [0, 0.1) is 6.92 Å². The summed E-state index contributed by atoms with van der Waals surface area (Å²) in [6.07, 6.45) is 4.93. The van der Waals surface area contributed by atoms with Crippen molar-refractivity contribution in [1.29, 1.82) is 0 Å². The first kappa shape index (κ1) is 23.3. The molecule has 2 N–H and O–H groups in total. The number of aliphatic imine (C=N–C) groups is 1. The van der Waals surface area contributed by atoms with Crippen LogP contribution in [0.15, 0.2) is 58.4 Å². The molecule has 0 bridgehead atoms. The first-order valence-corrected chi connectivity index (χ1v) is 12.8. The monoisotopic (exact) mass is 442 g/mol. The summed E-state index contributed by atoms with van der Waals surface area (Å²) in [5.74, 6) is 0.759. The number of hydrogen-bond acceptors (Lipinski definition) is 4. The summed E-state index contributed by atoms with van der Waals surface area (Å²) in [6, 6.07) is 16.6. The predicted octanol–water partition coefficient (Wildman–Crippen LogP) is 3.12. The van der Waals surface area contributed by atoms with E-state index in [-0.39, 0.29) is 0 Å². The highest BCUT2D eigenvalue weighted by Gasteiger charge is 2.22. The maximum atomic E-state index is 11.8. The molecule has 0 saturated carbocycles. The van der Waals surface area contributed by atoms with E-state index in [2.05, 4.69) is 50.9 Å². The molecule has 1 saturated heterocycles. The number of nitrogens with one attached hydrogen (secondary N) is 2. The molecule has 0 spiro atoms. The predicted molar refractivity (Wildman–Crippen MR) is 127 cm³/mol. The van der Waals surface area contributed by atoms with Gasteiger partial charge in [0.05, 0.1) is 4.90 Å². The highest BCUT2D eigenvalue weighted by atomic mass is 32.2. The van der Waals surface area contributed by atoms with Gasteiger partial charge in [0.15, 0.2) is 15.8 Å². The maximum absolute atomic E-state index is 11.8. The molecule has 7 heteroatoms. The fourth-order valence-corrected chi connectivity index (χ4v) is 5.13. The summed E-state index contributed by atoms with van der Waals surface area (Å²) in [5, 5.41) is 6.82. The van der Waals surface area contributed by atoms with Gasteiger partial charge in [-0.2, -0.15) is 0 Å². The molecule has 1 unspecified atom stereocenters. The minimum Gasteiger partial charge on any atom is -0.355 e.